The molecule has 1 aromatic carbocycles. The molecular weight excluding hydrogens is 274 g/mol. The lowest BCUT2D eigenvalue weighted by atomic mass is 10.2. The normalized spacial score (nSPS) is 10.5. The van der Waals surface area contributed by atoms with E-state index in [9.17, 15) is 4.79 Å². The first-order valence-electron chi connectivity index (χ1n) is 6.38. The summed E-state index contributed by atoms with van der Waals surface area (Å²) in [6.07, 6.45) is 0. The van der Waals surface area contributed by atoms with E-state index >= 15 is 0 Å². The number of aromatic nitrogens is 2. The van der Waals surface area contributed by atoms with E-state index < -0.39 is 5.91 Å². The van der Waals surface area contributed by atoms with Crippen molar-refractivity contribution in [3.8, 4) is 0 Å². The third-order valence-corrected chi connectivity index (χ3v) is 2.62. The van der Waals surface area contributed by atoms with E-state index in [4.69, 9.17) is 14.9 Å². The highest BCUT2D eigenvalue weighted by molar-refractivity contribution is 5.93. The van der Waals surface area contributed by atoms with Gasteiger partial charge in [0.15, 0.2) is 0 Å². The molecule has 8 nitrogen and oxygen atoms in total. The zero-order valence-corrected chi connectivity index (χ0v) is 11.6. The summed E-state index contributed by atoms with van der Waals surface area (Å²) in [7, 11) is 1.64. The minimum Gasteiger partial charge on any atom is -0.406 e. The molecule has 1 heterocycles. The van der Waals surface area contributed by atoms with Gasteiger partial charge in [0.2, 0.25) is 11.8 Å². The summed E-state index contributed by atoms with van der Waals surface area (Å²) < 4.78 is 10.3. The Morgan fingerprint density at radius 3 is 3.05 bits per heavy atom. The fraction of sp³-hybridized carbons (Fsp3) is 0.308. The molecule has 0 atom stereocenters. The minimum atomic E-state index is -0.493. The molecule has 0 aliphatic carbocycles. The second-order valence-corrected chi connectivity index (χ2v) is 4.24. The number of carbonyl (C=O) groups excluding carboxylic acids is 1. The molecule has 1 aromatic heterocycles. The van der Waals surface area contributed by atoms with E-state index in [-0.39, 0.29) is 6.01 Å². The molecule has 1 amide bonds. The van der Waals surface area contributed by atoms with Crippen LogP contribution in [0.3, 0.4) is 0 Å². The third-order valence-electron chi connectivity index (χ3n) is 2.62. The molecule has 2 aromatic rings. The molecule has 4 N–H and O–H groups in total. The van der Waals surface area contributed by atoms with Gasteiger partial charge >= 0.3 is 6.01 Å². The van der Waals surface area contributed by atoms with Gasteiger partial charge in [0, 0.05) is 24.9 Å². The number of amides is 1. The molecule has 112 valence electrons. The second kappa shape index (κ2) is 7.36. The average Bonchev–Trinajstić information content (AvgIpc) is 2.91. The van der Waals surface area contributed by atoms with E-state index in [2.05, 4.69) is 20.8 Å². The lowest BCUT2D eigenvalue weighted by Crippen LogP contribution is -2.18. The van der Waals surface area contributed by atoms with Crippen LogP contribution in [0.15, 0.2) is 28.7 Å². The Kier molecular flexibility index (Phi) is 5.24. The Hall–Kier alpha value is -2.45. The van der Waals surface area contributed by atoms with Crippen molar-refractivity contribution in [2.24, 2.45) is 5.73 Å². The van der Waals surface area contributed by atoms with Crippen LogP contribution in [-0.4, -0.2) is 36.4 Å². The van der Waals surface area contributed by atoms with E-state index in [0.29, 0.717) is 36.8 Å². The van der Waals surface area contributed by atoms with Gasteiger partial charge in [-0.15, -0.1) is 5.10 Å². The van der Waals surface area contributed by atoms with Crippen LogP contribution in [-0.2, 0) is 11.3 Å². The summed E-state index contributed by atoms with van der Waals surface area (Å²) in [5.41, 5.74) is 6.27. The van der Waals surface area contributed by atoms with Gasteiger partial charge in [0.05, 0.1) is 13.2 Å². The van der Waals surface area contributed by atoms with Crippen molar-refractivity contribution in [2.75, 3.05) is 25.6 Å². The number of ether oxygens (including phenoxy) is 1. The van der Waals surface area contributed by atoms with Crippen LogP contribution in [0, 0.1) is 0 Å². The number of nitrogens with two attached hydrogens (primary N) is 1. The van der Waals surface area contributed by atoms with Crippen LogP contribution in [0.25, 0.3) is 0 Å². The number of nitrogens with one attached hydrogen (secondary N) is 2. The largest absolute Gasteiger partial charge is 0.406 e. The predicted molar refractivity (Wildman–Crippen MR) is 76.1 cm³/mol. The Morgan fingerprint density at radius 2 is 2.29 bits per heavy atom. The predicted octanol–water partition coefficient (Wildman–Crippen LogP) is 0.648. The molecule has 0 saturated heterocycles. The Morgan fingerprint density at radius 1 is 1.43 bits per heavy atom. The summed E-state index contributed by atoms with van der Waals surface area (Å²) in [6, 6.07) is 6.98. The molecule has 0 aliphatic heterocycles. The van der Waals surface area contributed by atoms with E-state index in [1.54, 1.807) is 31.4 Å². The smallest absolute Gasteiger partial charge is 0.320 e. The highest BCUT2D eigenvalue weighted by atomic mass is 16.5. The van der Waals surface area contributed by atoms with Gasteiger partial charge in [-0.05, 0) is 18.2 Å². The molecule has 2 rings (SSSR count). The van der Waals surface area contributed by atoms with Crippen LogP contribution >= 0.6 is 0 Å². The SMILES string of the molecule is COCCNCc1nnc(Nc2cccc(C(N)=O)c2)o1. The number of carbonyl (C=O) groups is 1. The van der Waals surface area contributed by atoms with Crippen LogP contribution in [0.5, 0.6) is 0 Å². The number of methoxy groups -OCH3 is 1. The summed E-state index contributed by atoms with van der Waals surface area (Å²) >= 11 is 0. The molecule has 0 bridgehead atoms. The van der Waals surface area contributed by atoms with Gasteiger partial charge < -0.3 is 25.5 Å². The van der Waals surface area contributed by atoms with Gasteiger partial charge in [-0.25, -0.2) is 0 Å². The van der Waals surface area contributed by atoms with Gasteiger partial charge in [-0.1, -0.05) is 11.2 Å². The molecular formula is C13H17N5O3. The quantitative estimate of drug-likeness (QED) is 0.611. The molecule has 21 heavy (non-hydrogen) atoms. The monoisotopic (exact) mass is 291 g/mol. The molecule has 0 aliphatic rings. The maximum atomic E-state index is 11.1. The topological polar surface area (TPSA) is 115 Å². The maximum Gasteiger partial charge on any atom is 0.320 e. The minimum absolute atomic E-state index is 0.250. The van der Waals surface area contributed by atoms with Crippen LogP contribution in [0.4, 0.5) is 11.7 Å². The highest BCUT2D eigenvalue weighted by Gasteiger charge is 2.07. The number of primary amides is 1. The van der Waals surface area contributed by atoms with Crippen molar-refractivity contribution in [1.82, 2.24) is 15.5 Å². The summed E-state index contributed by atoms with van der Waals surface area (Å²) in [5.74, 6) is -0.0353. The van der Waals surface area contributed by atoms with Gasteiger partial charge in [0.25, 0.3) is 0 Å². The average molecular weight is 291 g/mol. The van der Waals surface area contributed by atoms with Crippen molar-refractivity contribution in [3.05, 3.63) is 35.7 Å². The van der Waals surface area contributed by atoms with Crippen molar-refractivity contribution < 1.29 is 13.9 Å². The molecule has 0 radical (unpaired) electrons. The molecule has 0 fully saturated rings. The summed E-state index contributed by atoms with van der Waals surface area (Å²) in [4.78, 5) is 11.1. The highest BCUT2D eigenvalue weighted by Crippen LogP contribution is 2.16. The molecule has 0 saturated carbocycles. The third kappa shape index (κ3) is 4.55. The lowest BCUT2D eigenvalue weighted by molar-refractivity contribution is 0.100. The van der Waals surface area contributed by atoms with E-state index in [1.807, 2.05) is 0 Å². The number of hydrogen-bond donors (Lipinski definition) is 3. The van der Waals surface area contributed by atoms with Gasteiger partial charge in [-0.2, -0.15) is 0 Å². The van der Waals surface area contributed by atoms with Crippen molar-refractivity contribution in [2.45, 2.75) is 6.54 Å². The van der Waals surface area contributed by atoms with E-state index in [0.717, 1.165) is 0 Å². The zero-order chi connectivity index (χ0) is 15.1. The molecule has 0 spiro atoms. The van der Waals surface area contributed by atoms with Crippen molar-refractivity contribution >= 4 is 17.6 Å². The molecule has 0 unspecified atom stereocenters. The standard InChI is InChI=1S/C13H17N5O3/c1-20-6-5-15-8-11-17-18-13(21-11)16-10-4-2-3-9(7-10)12(14)19/h2-4,7,15H,5-6,8H2,1H3,(H2,14,19)(H,16,18). The van der Waals surface area contributed by atoms with Crippen molar-refractivity contribution in [3.63, 3.8) is 0 Å². The fourth-order valence-electron chi connectivity index (χ4n) is 1.62. The zero-order valence-electron chi connectivity index (χ0n) is 11.6. The van der Waals surface area contributed by atoms with Crippen LogP contribution in [0.1, 0.15) is 16.2 Å². The summed E-state index contributed by atoms with van der Waals surface area (Å²) in [5, 5.41) is 13.8. The lowest BCUT2D eigenvalue weighted by Gasteiger charge is -2.02. The number of rotatable bonds is 8. The van der Waals surface area contributed by atoms with E-state index in [1.165, 1.54) is 0 Å². The maximum absolute atomic E-state index is 11.1. The van der Waals surface area contributed by atoms with Crippen molar-refractivity contribution in [1.29, 1.82) is 0 Å². The van der Waals surface area contributed by atoms with Gasteiger partial charge in [0.1, 0.15) is 0 Å². The number of anilines is 2. The second-order valence-electron chi connectivity index (χ2n) is 4.24. The Balaban J connectivity index is 1.93. The van der Waals surface area contributed by atoms with Crippen LogP contribution < -0.4 is 16.4 Å². The first kappa shape index (κ1) is 14.9. The number of benzene rings is 1. The first-order chi connectivity index (χ1) is 10.2. The van der Waals surface area contributed by atoms with Crippen LogP contribution in [0.2, 0.25) is 0 Å². The molecule has 8 heteroatoms. The number of nitrogens with zero attached hydrogens (tertiary/aromatic N) is 2. The number of hydrogen-bond acceptors (Lipinski definition) is 7. The van der Waals surface area contributed by atoms with Gasteiger partial charge in [-0.3, -0.25) is 4.79 Å². The Bertz CT molecular complexity index is 599. The fourth-order valence-corrected chi connectivity index (χ4v) is 1.62. The summed E-state index contributed by atoms with van der Waals surface area (Å²) in [6.45, 7) is 1.76. The Labute approximate surface area is 121 Å². The first-order valence-corrected chi connectivity index (χ1v) is 6.38.